The van der Waals surface area contributed by atoms with Crippen molar-refractivity contribution in [2.24, 2.45) is 0 Å². The first-order chi connectivity index (χ1) is 11.3. The third kappa shape index (κ3) is 4.56. The molecule has 0 aliphatic heterocycles. The van der Waals surface area contributed by atoms with Crippen LogP contribution in [0.25, 0.3) is 0 Å². The van der Waals surface area contributed by atoms with Crippen LogP contribution in [0.4, 0.5) is 0 Å². The van der Waals surface area contributed by atoms with Crippen LogP contribution < -0.4 is 4.74 Å². The number of aliphatic hydroxyl groups is 1. The highest BCUT2D eigenvalue weighted by Gasteiger charge is 2.23. The standard InChI is InChI=1S/C18H23NO4S/c1-14-8-10-17(11-9-14)24(21,22)19(3)12-16(20)13-23-18-7-5-4-6-15(18)2/h4-11,16,20H,12-13H2,1-3H3. The maximum atomic E-state index is 12.5. The molecule has 0 bridgehead atoms. The number of aryl methyl sites for hydroxylation is 2. The zero-order valence-corrected chi connectivity index (χ0v) is 15.0. The van der Waals surface area contributed by atoms with E-state index in [9.17, 15) is 13.5 Å². The minimum absolute atomic E-state index is 0.0264. The van der Waals surface area contributed by atoms with Crippen LogP contribution in [0.15, 0.2) is 53.4 Å². The molecule has 0 saturated heterocycles. The Kier molecular flexibility index (Phi) is 5.99. The van der Waals surface area contributed by atoms with Gasteiger partial charge >= 0.3 is 0 Å². The van der Waals surface area contributed by atoms with E-state index in [0.29, 0.717) is 5.75 Å². The third-order valence-corrected chi connectivity index (χ3v) is 5.56. The molecule has 2 aromatic carbocycles. The zero-order valence-electron chi connectivity index (χ0n) is 14.1. The normalized spacial score (nSPS) is 13.0. The van der Waals surface area contributed by atoms with Gasteiger partial charge in [0.25, 0.3) is 0 Å². The molecule has 2 rings (SSSR count). The van der Waals surface area contributed by atoms with Crippen LogP contribution in [0.2, 0.25) is 0 Å². The maximum Gasteiger partial charge on any atom is 0.242 e. The first-order valence-corrected chi connectivity index (χ1v) is 9.14. The predicted octanol–water partition coefficient (Wildman–Crippen LogP) is 2.36. The quantitative estimate of drug-likeness (QED) is 0.833. The molecule has 0 aromatic heterocycles. The molecule has 0 radical (unpaired) electrons. The summed E-state index contributed by atoms with van der Waals surface area (Å²) in [6.45, 7) is 3.79. The Labute approximate surface area is 143 Å². The summed E-state index contributed by atoms with van der Waals surface area (Å²) in [6.07, 6.45) is -0.921. The number of nitrogens with zero attached hydrogens (tertiary/aromatic N) is 1. The molecule has 0 heterocycles. The molecule has 24 heavy (non-hydrogen) atoms. The average Bonchev–Trinajstić information content (AvgIpc) is 2.54. The monoisotopic (exact) mass is 349 g/mol. The topological polar surface area (TPSA) is 66.8 Å². The van der Waals surface area contributed by atoms with Gasteiger partial charge in [0.2, 0.25) is 10.0 Å². The second-order valence-electron chi connectivity index (χ2n) is 5.83. The summed E-state index contributed by atoms with van der Waals surface area (Å²) < 4.78 is 31.7. The Balaban J connectivity index is 1.96. The van der Waals surface area contributed by atoms with Crippen molar-refractivity contribution in [2.75, 3.05) is 20.2 Å². The molecule has 2 aromatic rings. The summed E-state index contributed by atoms with van der Waals surface area (Å²) in [5.41, 5.74) is 1.95. The average molecular weight is 349 g/mol. The number of benzene rings is 2. The number of hydrogen-bond acceptors (Lipinski definition) is 4. The Morgan fingerprint density at radius 2 is 1.71 bits per heavy atom. The van der Waals surface area contributed by atoms with E-state index in [1.54, 1.807) is 24.3 Å². The molecular formula is C18H23NO4S. The fourth-order valence-corrected chi connectivity index (χ4v) is 3.45. The highest BCUT2D eigenvalue weighted by molar-refractivity contribution is 7.89. The van der Waals surface area contributed by atoms with Gasteiger partial charge in [-0.25, -0.2) is 8.42 Å². The summed E-state index contributed by atoms with van der Waals surface area (Å²) in [6, 6.07) is 14.1. The van der Waals surface area contributed by atoms with Crippen molar-refractivity contribution in [3.63, 3.8) is 0 Å². The van der Waals surface area contributed by atoms with E-state index >= 15 is 0 Å². The van der Waals surface area contributed by atoms with Crippen LogP contribution in [0.5, 0.6) is 5.75 Å². The van der Waals surface area contributed by atoms with Crippen molar-refractivity contribution in [2.45, 2.75) is 24.8 Å². The molecule has 6 heteroatoms. The van der Waals surface area contributed by atoms with Crippen LogP contribution in [-0.2, 0) is 10.0 Å². The van der Waals surface area contributed by atoms with Crippen LogP contribution in [-0.4, -0.2) is 44.1 Å². The van der Waals surface area contributed by atoms with Crippen molar-refractivity contribution in [1.29, 1.82) is 0 Å². The van der Waals surface area contributed by atoms with E-state index in [2.05, 4.69) is 0 Å². The molecule has 1 unspecified atom stereocenters. The van der Waals surface area contributed by atoms with Crippen molar-refractivity contribution in [3.8, 4) is 5.75 Å². The molecule has 0 spiro atoms. The first kappa shape index (κ1) is 18.4. The van der Waals surface area contributed by atoms with E-state index < -0.39 is 16.1 Å². The number of likely N-dealkylation sites (N-methyl/N-ethyl adjacent to an activating group) is 1. The van der Waals surface area contributed by atoms with Crippen LogP contribution in [0.1, 0.15) is 11.1 Å². The summed E-state index contributed by atoms with van der Waals surface area (Å²) in [7, 11) is -2.17. The van der Waals surface area contributed by atoms with Gasteiger partial charge in [0.1, 0.15) is 18.5 Å². The highest BCUT2D eigenvalue weighted by atomic mass is 32.2. The summed E-state index contributed by atoms with van der Waals surface area (Å²) >= 11 is 0. The largest absolute Gasteiger partial charge is 0.491 e. The van der Waals surface area contributed by atoms with E-state index in [0.717, 1.165) is 15.4 Å². The minimum atomic E-state index is -3.62. The lowest BCUT2D eigenvalue weighted by atomic mass is 10.2. The van der Waals surface area contributed by atoms with Crippen molar-refractivity contribution in [3.05, 3.63) is 59.7 Å². The zero-order chi connectivity index (χ0) is 17.7. The summed E-state index contributed by atoms with van der Waals surface area (Å²) in [5, 5.41) is 10.1. The smallest absolute Gasteiger partial charge is 0.242 e. The van der Waals surface area contributed by atoms with Gasteiger partial charge in [-0.15, -0.1) is 0 Å². The molecule has 130 valence electrons. The fourth-order valence-electron chi connectivity index (χ4n) is 2.24. The maximum absolute atomic E-state index is 12.5. The first-order valence-electron chi connectivity index (χ1n) is 7.70. The number of para-hydroxylation sites is 1. The second-order valence-corrected chi connectivity index (χ2v) is 7.87. The molecule has 1 N–H and O–H groups in total. The second kappa shape index (κ2) is 7.79. The van der Waals surface area contributed by atoms with Crippen LogP contribution >= 0.6 is 0 Å². The van der Waals surface area contributed by atoms with Gasteiger partial charge in [0, 0.05) is 13.6 Å². The minimum Gasteiger partial charge on any atom is -0.491 e. The van der Waals surface area contributed by atoms with E-state index in [1.165, 1.54) is 7.05 Å². The molecule has 5 nitrogen and oxygen atoms in total. The number of hydrogen-bond donors (Lipinski definition) is 1. The van der Waals surface area contributed by atoms with E-state index in [4.69, 9.17) is 4.74 Å². The Morgan fingerprint density at radius 1 is 1.08 bits per heavy atom. The molecule has 0 aliphatic rings. The molecule has 0 aliphatic carbocycles. The molecular weight excluding hydrogens is 326 g/mol. The lowest BCUT2D eigenvalue weighted by molar-refractivity contribution is 0.0932. The SMILES string of the molecule is Cc1ccc(S(=O)(=O)N(C)CC(O)COc2ccccc2C)cc1. The molecule has 1 atom stereocenters. The van der Waals surface area contributed by atoms with E-state index in [1.807, 2.05) is 38.1 Å². The Bertz CT molecular complexity index is 772. The summed E-state index contributed by atoms with van der Waals surface area (Å²) in [5.74, 6) is 0.681. The van der Waals surface area contributed by atoms with Gasteiger partial charge in [-0.3, -0.25) is 0 Å². The number of rotatable bonds is 7. The van der Waals surface area contributed by atoms with Crippen molar-refractivity contribution in [1.82, 2.24) is 4.31 Å². The van der Waals surface area contributed by atoms with Crippen molar-refractivity contribution >= 4 is 10.0 Å². The van der Waals surface area contributed by atoms with Gasteiger partial charge < -0.3 is 9.84 Å². The number of aliphatic hydroxyl groups excluding tert-OH is 1. The number of ether oxygens (including phenoxy) is 1. The lowest BCUT2D eigenvalue weighted by Crippen LogP contribution is -2.37. The van der Waals surface area contributed by atoms with Gasteiger partial charge in [-0.2, -0.15) is 4.31 Å². The lowest BCUT2D eigenvalue weighted by Gasteiger charge is -2.21. The summed E-state index contributed by atoms with van der Waals surface area (Å²) in [4.78, 5) is 0.211. The van der Waals surface area contributed by atoms with Gasteiger partial charge in [0.05, 0.1) is 4.90 Å². The fraction of sp³-hybridized carbons (Fsp3) is 0.333. The highest BCUT2D eigenvalue weighted by Crippen LogP contribution is 2.18. The Hall–Kier alpha value is -1.89. The molecule has 0 saturated carbocycles. The predicted molar refractivity (Wildman–Crippen MR) is 93.7 cm³/mol. The third-order valence-electron chi connectivity index (χ3n) is 3.72. The Morgan fingerprint density at radius 3 is 2.33 bits per heavy atom. The molecule has 0 amide bonds. The molecule has 0 fully saturated rings. The van der Waals surface area contributed by atoms with Gasteiger partial charge in [-0.1, -0.05) is 35.9 Å². The van der Waals surface area contributed by atoms with Crippen LogP contribution in [0.3, 0.4) is 0 Å². The van der Waals surface area contributed by atoms with Crippen LogP contribution in [0, 0.1) is 13.8 Å². The van der Waals surface area contributed by atoms with Crippen molar-refractivity contribution < 1.29 is 18.3 Å². The van der Waals surface area contributed by atoms with E-state index in [-0.39, 0.29) is 18.0 Å². The van der Waals surface area contributed by atoms with Gasteiger partial charge in [0.15, 0.2) is 0 Å². The number of sulfonamides is 1. The van der Waals surface area contributed by atoms with Gasteiger partial charge in [-0.05, 0) is 37.6 Å².